The monoisotopic (exact) mass is 439 g/mol. The molecule has 29 heavy (non-hydrogen) atoms. The molecule has 0 fully saturated rings. The summed E-state index contributed by atoms with van der Waals surface area (Å²) in [5, 5.41) is 6.02. The molecule has 3 aromatic carbocycles. The van der Waals surface area contributed by atoms with Gasteiger partial charge >= 0.3 is 0 Å². The van der Waals surface area contributed by atoms with Gasteiger partial charge in [-0.1, -0.05) is 76.6 Å². The molecule has 0 N–H and O–H groups in total. The maximum atomic E-state index is 5.08. The van der Waals surface area contributed by atoms with Gasteiger partial charge in [0, 0.05) is 21.0 Å². The molecule has 0 amide bonds. The van der Waals surface area contributed by atoms with Crippen LogP contribution in [0.3, 0.4) is 0 Å². The fraction of sp³-hybridized carbons (Fsp3) is 0.0400. The van der Waals surface area contributed by atoms with Crippen molar-refractivity contribution in [2.24, 2.45) is 0 Å². The van der Waals surface area contributed by atoms with Gasteiger partial charge in [-0.15, -0.1) is 0 Å². The summed E-state index contributed by atoms with van der Waals surface area (Å²) in [5.74, 6) is 0. The van der Waals surface area contributed by atoms with E-state index in [1.807, 2.05) is 53.2 Å². The largest absolute Gasteiger partial charge is 0.228 e. The van der Waals surface area contributed by atoms with Crippen molar-refractivity contribution in [1.29, 1.82) is 0 Å². The molecule has 0 aliphatic rings. The minimum Gasteiger partial charge on any atom is -0.228 e. The lowest BCUT2D eigenvalue weighted by molar-refractivity contribution is 0.901. The fourth-order valence-corrected chi connectivity index (χ4v) is 3.86. The van der Waals surface area contributed by atoms with Gasteiger partial charge in [0.2, 0.25) is 0 Å². The second-order valence-corrected chi connectivity index (χ2v) is 7.91. The average Bonchev–Trinajstić information content (AvgIpc) is 3.13. The zero-order valence-electron chi connectivity index (χ0n) is 15.9. The van der Waals surface area contributed by atoms with Crippen LogP contribution in [-0.2, 0) is 0 Å². The number of hydrogen-bond donors (Lipinski definition) is 0. The number of para-hydroxylation sites is 1. The molecule has 0 saturated carbocycles. The highest BCUT2D eigenvalue weighted by atomic mass is 79.9. The first-order chi connectivity index (χ1) is 14.2. The van der Waals surface area contributed by atoms with Crippen LogP contribution in [-0.4, -0.2) is 14.8 Å². The maximum absolute atomic E-state index is 5.08. The second-order valence-electron chi connectivity index (χ2n) is 6.99. The van der Waals surface area contributed by atoms with Crippen LogP contribution >= 0.6 is 15.9 Å². The summed E-state index contributed by atoms with van der Waals surface area (Å²) in [6, 6.07) is 30.9. The van der Waals surface area contributed by atoms with Crippen molar-refractivity contribution in [3.05, 3.63) is 101 Å². The van der Waals surface area contributed by atoms with E-state index in [4.69, 9.17) is 10.1 Å². The zero-order valence-corrected chi connectivity index (χ0v) is 17.5. The number of halogens is 1. The third kappa shape index (κ3) is 3.26. The number of pyridine rings is 1. The van der Waals surface area contributed by atoms with E-state index in [0.717, 1.165) is 49.3 Å². The minimum absolute atomic E-state index is 0.860. The summed E-state index contributed by atoms with van der Waals surface area (Å²) >= 11 is 3.52. The lowest BCUT2D eigenvalue weighted by atomic mass is 10.0. The highest BCUT2D eigenvalue weighted by Gasteiger charge is 2.17. The third-order valence-corrected chi connectivity index (χ3v) is 5.54. The quantitative estimate of drug-likeness (QED) is 0.308. The molecule has 0 unspecified atom stereocenters. The zero-order chi connectivity index (χ0) is 19.8. The van der Waals surface area contributed by atoms with E-state index in [0.29, 0.717) is 0 Å². The summed E-state index contributed by atoms with van der Waals surface area (Å²) in [6.07, 6.45) is 0. The number of rotatable bonds is 3. The molecule has 4 heteroatoms. The topological polar surface area (TPSA) is 30.7 Å². The Morgan fingerprint density at radius 2 is 1.34 bits per heavy atom. The van der Waals surface area contributed by atoms with Gasteiger partial charge in [-0.25, -0.2) is 9.67 Å². The summed E-state index contributed by atoms with van der Waals surface area (Å²) in [5.41, 5.74) is 7.09. The molecule has 0 aliphatic heterocycles. The van der Waals surface area contributed by atoms with E-state index < -0.39 is 0 Å². The van der Waals surface area contributed by atoms with Crippen LogP contribution in [0.1, 0.15) is 5.56 Å². The molecule has 5 rings (SSSR count). The predicted molar refractivity (Wildman–Crippen MR) is 122 cm³/mol. The summed E-state index contributed by atoms with van der Waals surface area (Å²) in [7, 11) is 0. The Hall–Kier alpha value is -3.24. The molecule has 5 aromatic rings. The van der Waals surface area contributed by atoms with E-state index in [1.54, 1.807) is 0 Å². The molecule has 2 aromatic heterocycles. The molecule has 0 atom stereocenters. The fourth-order valence-electron chi connectivity index (χ4n) is 3.60. The van der Waals surface area contributed by atoms with Gasteiger partial charge in [0.05, 0.1) is 11.4 Å². The lowest BCUT2D eigenvalue weighted by Crippen LogP contribution is -1.99. The van der Waals surface area contributed by atoms with Crippen molar-refractivity contribution < 1.29 is 0 Å². The molecule has 2 heterocycles. The van der Waals surface area contributed by atoms with Gasteiger partial charge in [0.15, 0.2) is 5.65 Å². The van der Waals surface area contributed by atoms with Crippen molar-refractivity contribution in [2.75, 3.05) is 0 Å². The highest BCUT2D eigenvalue weighted by Crippen LogP contribution is 2.33. The Morgan fingerprint density at radius 1 is 0.724 bits per heavy atom. The van der Waals surface area contributed by atoms with E-state index in [9.17, 15) is 0 Å². The molecule has 0 radical (unpaired) electrons. The van der Waals surface area contributed by atoms with Gasteiger partial charge in [-0.05, 0) is 42.8 Å². The van der Waals surface area contributed by atoms with Gasteiger partial charge in [0.1, 0.15) is 5.69 Å². The second kappa shape index (κ2) is 7.30. The van der Waals surface area contributed by atoms with Gasteiger partial charge in [0.25, 0.3) is 0 Å². The number of hydrogen-bond acceptors (Lipinski definition) is 2. The SMILES string of the molecule is Cc1cc2c(-c3ccc(Br)cc3)nn(-c3ccccc3)c2nc1-c1ccccc1. The third-order valence-electron chi connectivity index (χ3n) is 5.01. The first-order valence-corrected chi connectivity index (χ1v) is 10.3. The predicted octanol–water partition coefficient (Wildman–Crippen LogP) is 6.83. The molecule has 0 aliphatic carbocycles. The lowest BCUT2D eigenvalue weighted by Gasteiger charge is -2.08. The number of aromatic nitrogens is 3. The highest BCUT2D eigenvalue weighted by molar-refractivity contribution is 9.10. The van der Waals surface area contributed by atoms with Crippen LogP contribution in [0.25, 0.3) is 39.2 Å². The van der Waals surface area contributed by atoms with Gasteiger partial charge in [-0.2, -0.15) is 5.10 Å². The molecule has 0 saturated heterocycles. The average molecular weight is 440 g/mol. The normalized spacial score (nSPS) is 11.1. The number of benzene rings is 3. The molecule has 0 spiro atoms. The van der Waals surface area contributed by atoms with Crippen molar-refractivity contribution in [1.82, 2.24) is 14.8 Å². The van der Waals surface area contributed by atoms with Crippen molar-refractivity contribution in [3.63, 3.8) is 0 Å². The Morgan fingerprint density at radius 3 is 2.03 bits per heavy atom. The first-order valence-electron chi connectivity index (χ1n) is 9.48. The Bertz CT molecular complexity index is 1290. The number of nitrogens with zero attached hydrogens (tertiary/aromatic N) is 3. The summed E-state index contributed by atoms with van der Waals surface area (Å²) in [4.78, 5) is 5.08. The van der Waals surface area contributed by atoms with Crippen LogP contribution in [0.5, 0.6) is 0 Å². The van der Waals surface area contributed by atoms with Crippen LogP contribution in [0.2, 0.25) is 0 Å². The minimum atomic E-state index is 0.860. The molecular weight excluding hydrogens is 422 g/mol. The molecular formula is C25H18BrN3. The van der Waals surface area contributed by atoms with E-state index >= 15 is 0 Å². The van der Waals surface area contributed by atoms with Crippen molar-refractivity contribution >= 4 is 27.0 Å². The van der Waals surface area contributed by atoms with Gasteiger partial charge in [-0.3, -0.25) is 0 Å². The number of fused-ring (bicyclic) bond motifs is 1. The van der Waals surface area contributed by atoms with E-state index in [-0.39, 0.29) is 0 Å². The van der Waals surface area contributed by atoms with E-state index in [2.05, 4.69) is 65.3 Å². The van der Waals surface area contributed by atoms with Crippen molar-refractivity contribution in [2.45, 2.75) is 6.92 Å². The Labute approximate surface area is 177 Å². The first kappa shape index (κ1) is 17.8. The van der Waals surface area contributed by atoms with Gasteiger partial charge < -0.3 is 0 Å². The molecule has 0 bridgehead atoms. The standard InChI is InChI=1S/C25H18BrN3/c1-17-16-22-24(19-12-14-20(26)15-13-19)28-29(21-10-6-3-7-11-21)25(22)27-23(17)18-8-4-2-5-9-18/h2-16H,1H3. The van der Waals surface area contributed by atoms with E-state index in [1.165, 1.54) is 0 Å². The molecule has 3 nitrogen and oxygen atoms in total. The van der Waals surface area contributed by atoms with Crippen LogP contribution in [0.4, 0.5) is 0 Å². The summed E-state index contributed by atoms with van der Waals surface area (Å²) < 4.78 is 2.99. The van der Waals surface area contributed by atoms with Crippen LogP contribution in [0.15, 0.2) is 95.5 Å². The maximum Gasteiger partial charge on any atom is 0.164 e. The van der Waals surface area contributed by atoms with Crippen LogP contribution in [0, 0.1) is 6.92 Å². The smallest absolute Gasteiger partial charge is 0.164 e. The van der Waals surface area contributed by atoms with Crippen molar-refractivity contribution in [3.8, 4) is 28.2 Å². The van der Waals surface area contributed by atoms with Crippen LogP contribution < -0.4 is 0 Å². The molecule has 140 valence electrons. The Kier molecular flexibility index (Phi) is 4.49. The Balaban J connectivity index is 1.81. The number of aryl methyl sites for hydroxylation is 1. The summed E-state index contributed by atoms with van der Waals surface area (Å²) in [6.45, 7) is 2.11.